The van der Waals surface area contributed by atoms with Crippen molar-refractivity contribution in [1.82, 2.24) is 9.29 Å². The van der Waals surface area contributed by atoms with E-state index in [0.29, 0.717) is 17.1 Å². The van der Waals surface area contributed by atoms with Gasteiger partial charge in [-0.3, -0.25) is 4.79 Å². The normalized spacial score (nSPS) is 18.0. The molecule has 0 bridgehead atoms. The number of para-hydroxylation sites is 1. The predicted octanol–water partition coefficient (Wildman–Crippen LogP) is 4.11. The van der Waals surface area contributed by atoms with Gasteiger partial charge in [0.1, 0.15) is 6.04 Å². The molecule has 3 aromatic rings. The molecule has 11 heteroatoms. The van der Waals surface area contributed by atoms with Gasteiger partial charge in [-0.25, -0.2) is 13.4 Å². The Kier molecular flexibility index (Phi) is 5.28. The Morgan fingerprint density at radius 1 is 1.13 bits per heavy atom. The average molecular weight is 455 g/mol. The van der Waals surface area contributed by atoms with Crippen molar-refractivity contribution in [3.8, 4) is 0 Å². The maximum absolute atomic E-state index is 13.3. The van der Waals surface area contributed by atoms with Gasteiger partial charge in [-0.05, 0) is 37.1 Å². The molecule has 1 amide bonds. The van der Waals surface area contributed by atoms with E-state index in [4.69, 9.17) is 0 Å². The molecule has 2 heterocycles. The molecule has 1 aliphatic heterocycles. The summed E-state index contributed by atoms with van der Waals surface area (Å²) >= 11 is 1.24. The van der Waals surface area contributed by atoms with Crippen LogP contribution in [0.2, 0.25) is 0 Å². The van der Waals surface area contributed by atoms with Gasteiger partial charge in [0.25, 0.3) is 0 Å². The lowest BCUT2D eigenvalue weighted by molar-refractivity contribution is -0.139. The van der Waals surface area contributed by atoms with Gasteiger partial charge in [0, 0.05) is 6.54 Å². The van der Waals surface area contributed by atoms with Crippen LogP contribution < -0.4 is 5.32 Å². The second-order valence-electron chi connectivity index (χ2n) is 6.74. The Bertz CT molecular complexity index is 1180. The number of rotatable bonds is 4. The standard InChI is InChI=1S/C19H16F3N3O3S2/c20-19(21,22)12-6-1-4-10-16(12)30(27,28)25-11-5-8-14(25)17(26)24-18-23-13-7-2-3-9-15(13)29-18/h1-4,6-7,9-10,14H,5,8,11H2,(H,23,24,26)/t14-/m1/s1. The van der Waals surface area contributed by atoms with Crippen LogP contribution in [0.15, 0.2) is 53.4 Å². The Balaban J connectivity index is 1.62. The fourth-order valence-corrected chi connectivity index (χ4v) is 6.20. The highest BCUT2D eigenvalue weighted by molar-refractivity contribution is 7.89. The molecule has 0 aliphatic carbocycles. The molecular formula is C19H16F3N3O3S2. The Morgan fingerprint density at radius 3 is 2.57 bits per heavy atom. The second-order valence-corrected chi connectivity index (χ2v) is 9.63. The maximum Gasteiger partial charge on any atom is 0.417 e. The molecule has 1 fully saturated rings. The molecular weight excluding hydrogens is 439 g/mol. The molecule has 1 aromatic heterocycles. The van der Waals surface area contributed by atoms with Crippen molar-refractivity contribution in [3.05, 3.63) is 54.1 Å². The summed E-state index contributed by atoms with van der Waals surface area (Å²) in [5.74, 6) is -0.611. The molecule has 0 saturated carbocycles. The quantitative estimate of drug-likeness (QED) is 0.642. The first kappa shape index (κ1) is 20.8. The van der Waals surface area contributed by atoms with Gasteiger partial charge in [0.15, 0.2) is 5.13 Å². The highest BCUT2D eigenvalue weighted by Gasteiger charge is 2.44. The molecule has 1 N–H and O–H groups in total. The van der Waals surface area contributed by atoms with Crippen LogP contribution in [-0.4, -0.2) is 36.2 Å². The maximum atomic E-state index is 13.3. The molecule has 6 nitrogen and oxygen atoms in total. The largest absolute Gasteiger partial charge is 0.417 e. The van der Waals surface area contributed by atoms with Crippen LogP contribution in [0.4, 0.5) is 18.3 Å². The molecule has 2 aromatic carbocycles. The van der Waals surface area contributed by atoms with Crippen LogP contribution in [0.1, 0.15) is 18.4 Å². The number of hydrogen-bond acceptors (Lipinski definition) is 5. The number of aromatic nitrogens is 1. The van der Waals surface area contributed by atoms with E-state index in [0.717, 1.165) is 27.2 Å². The molecule has 4 rings (SSSR count). The molecule has 0 radical (unpaired) electrons. The van der Waals surface area contributed by atoms with Crippen molar-refractivity contribution in [1.29, 1.82) is 0 Å². The topological polar surface area (TPSA) is 79.4 Å². The summed E-state index contributed by atoms with van der Waals surface area (Å²) in [5.41, 5.74) is -0.560. The molecule has 0 unspecified atom stereocenters. The third kappa shape index (κ3) is 3.80. The van der Waals surface area contributed by atoms with Gasteiger partial charge >= 0.3 is 6.18 Å². The molecule has 0 spiro atoms. The van der Waals surface area contributed by atoms with E-state index in [2.05, 4.69) is 10.3 Å². The Hall–Kier alpha value is -2.50. The summed E-state index contributed by atoms with van der Waals surface area (Å²) in [6.07, 6.45) is -4.25. The van der Waals surface area contributed by atoms with Crippen molar-refractivity contribution < 1.29 is 26.4 Å². The van der Waals surface area contributed by atoms with Gasteiger partial charge in [-0.2, -0.15) is 17.5 Å². The van der Waals surface area contributed by atoms with Gasteiger partial charge in [-0.1, -0.05) is 35.6 Å². The number of anilines is 1. The minimum absolute atomic E-state index is 0.0353. The van der Waals surface area contributed by atoms with E-state index >= 15 is 0 Å². The zero-order valence-corrected chi connectivity index (χ0v) is 17.0. The van der Waals surface area contributed by atoms with Gasteiger partial charge in [0.05, 0.1) is 20.7 Å². The fraction of sp³-hybridized carbons (Fsp3) is 0.263. The number of carbonyl (C=O) groups excluding carboxylic acids is 1. The highest BCUT2D eigenvalue weighted by Crippen LogP contribution is 2.37. The second kappa shape index (κ2) is 7.64. The number of sulfonamides is 1. The number of thiazole rings is 1. The number of amides is 1. The highest BCUT2D eigenvalue weighted by atomic mass is 32.2. The summed E-state index contributed by atoms with van der Waals surface area (Å²) in [6.45, 7) is -0.0353. The van der Waals surface area contributed by atoms with Crippen LogP contribution >= 0.6 is 11.3 Å². The summed E-state index contributed by atoms with van der Waals surface area (Å²) in [5, 5.41) is 2.92. The molecule has 1 saturated heterocycles. The Morgan fingerprint density at radius 2 is 1.83 bits per heavy atom. The van der Waals surface area contributed by atoms with E-state index < -0.39 is 38.6 Å². The zero-order valence-electron chi connectivity index (χ0n) is 15.4. The van der Waals surface area contributed by atoms with Crippen LogP contribution in [0.5, 0.6) is 0 Å². The van der Waals surface area contributed by atoms with Crippen LogP contribution in [0.3, 0.4) is 0 Å². The number of benzene rings is 2. The monoisotopic (exact) mass is 455 g/mol. The minimum atomic E-state index is -4.83. The summed E-state index contributed by atoms with van der Waals surface area (Å²) in [4.78, 5) is 16.2. The summed E-state index contributed by atoms with van der Waals surface area (Å²) < 4.78 is 67.8. The molecule has 1 aliphatic rings. The lowest BCUT2D eigenvalue weighted by Crippen LogP contribution is -2.43. The van der Waals surface area contributed by atoms with Gasteiger partial charge in [0.2, 0.25) is 15.9 Å². The van der Waals surface area contributed by atoms with E-state index in [1.54, 1.807) is 12.1 Å². The number of nitrogens with one attached hydrogen (secondary N) is 1. The van der Waals surface area contributed by atoms with Crippen molar-refractivity contribution >= 4 is 42.6 Å². The molecule has 158 valence electrons. The third-order valence-electron chi connectivity index (χ3n) is 4.81. The number of fused-ring (bicyclic) bond motifs is 1. The van der Waals surface area contributed by atoms with Crippen LogP contribution in [0.25, 0.3) is 10.2 Å². The van der Waals surface area contributed by atoms with Crippen LogP contribution in [0, 0.1) is 0 Å². The molecule has 1 atom stereocenters. The Labute approximate surface area is 174 Å². The van der Waals surface area contributed by atoms with Gasteiger partial charge < -0.3 is 5.32 Å². The van der Waals surface area contributed by atoms with Crippen molar-refractivity contribution in [2.24, 2.45) is 0 Å². The van der Waals surface area contributed by atoms with E-state index in [1.165, 1.54) is 17.4 Å². The first-order valence-electron chi connectivity index (χ1n) is 9.02. The van der Waals surface area contributed by atoms with Crippen molar-refractivity contribution in [3.63, 3.8) is 0 Å². The van der Waals surface area contributed by atoms with Gasteiger partial charge in [-0.15, -0.1) is 0 Å². The van der Waals surface area contributed by atoms with Crippen LogP contribution in [-0.2, 0) is 21.0 Å². The van der Waals surface area contributed by atoms with E-state index in [1.807, 2.05) is 12.1 Å². The number of halogens is 3. The van der Waals surface area contributed by atoms with E-state index in [-0.39, 0.29) is 13.0 Å². The zero-order chi connectivity index (χ0) is 21.5. The molecule has 30 heavy (non-hydrogen) atoms. The van der Waals surface area contributed by atoms with Crippen molar-refractivity contribution in [2.45, 2.75) is 30.0 Å². The average Bonchev–Trinajstić information content (AvgIpc) is 3.34. The smallest absolute Gasteiger partial charge is 0.301 e. The van der Waals surface area contributed by atoms with Crippen molar-refractivity contribution in [2.75, 3.05) is 11.9 Å². The number of hydrogen-bond donors (Lipinski definition) is 1. The lowest BCUT2D eigenvalue weighted by Gasteiger charge is -2.24. The minimum Gasteiger partial charge on any atom is -0.301 e. The fourth-order valence-electron chi connectivity index (χ4n) is 3.46. The summed E-state index contributed by atoms with van der Waals surface area (Å²) in [6, 6.07) is 10.1. The predicted molar refractivity (Wildman–Crippen MR) is 107 cm³/mol. The number of nitrogens with zero attached hydrogens (tertiary/aromatic N) is 2. The number of alkyl halides is 3. The first-order chi connectivity index (χ1) is 14.2. The van der Waals surface area contributed by atoms with E-state index in [9.17, 15) is 26.4 Å². The third-order valence-corrected chi connectivity index (χ3v) is 7.73. The first-order valence-corrected chi connectivity index (χ1v) is 11.3. The number of carbonyl (C=O) groups is 1. The lowest BCUT2D eigenvalue weighted by atomic mass is 10.2. The summed E-state index contributed by atoms with van der Waals surface area (Å²) in [7, 11) is -4.53. The SMILES string of the molecule is O=C(Nc1nc2ccccc2s1)[C@H]1CCCN1S(=O)(=O)c1ccccc1C(F)(F)F.